The van der Waals surface area contributed by atoms with Crippen LogP contribution < -0.4 is 20.3 Å². The van der Waals surface area contributed by atoms with E-state index < -0.39 is 0 Å². The van der Waals surface area contributed by atoms with Gasteiger partial charge in [0, 0.05) is 35.1 Å². The van der Waals surface area contributed by atoms with Crippen LogP contribution in [0.15, 0.2) is 40.6 Å². The first-order valence-electron chi connectivity index (χ1n) is 8.12. The summed E-state index contributed by atoms with van der Waals surface area (Å²) in [5, 5.41) is 4.36. The highest BCUT2D eigenvalue weighted by molar-refractivity contribution is 7.99. The van der Waals surface area contributed by atoms with E-state index in [0.717, 1.165) is 0 Å². The number of rotatable bonds is 7. The number of hydrogen-bond acceptors (Lipinski definition) is 7. The molecule has 1 amide bonds. The number of thiazole rings is 1. The minimum Gasteiger partial charge on any atom is -0.493 e. The van der Waals surface area contributed by atoms with Gasteiger partial charge in [-0.2, -0.15) is 0 Å². The van der Waals surface area contributed by atoms with Crippen molar-refractivity contribution in [3.05, 3.63) is 51.9 Å². The van der Waals surface area contributed by atoms with E-state index in [1.807, 2.05) is 12.3 Å². The van der Waals surface area contributed by atoms with Gasteiger partial charge in [-0.25, -0.2) is 4.98 Å². The van der Waals surface area contributed by atoms with Crippen molar-refractivity contribution in [1.29, 1.82) is 0 Å². The third-order valence-corrected chi connectivity index (χ3v) is 5.79. The van der Waals surface area contributed by atoms with E-state index in [0.29, 0.717) is 33.6 Å². The number of ether oxygens (including phenoxy) is 2. The van der Waals surface area contributed by atoms with Crippen molar-refractivity contribution in [1.82, 2.24) is 9.38 Å². The normalized spacial score (nSPS) is 12.0. The predicted molar refractivity (Wildman–Crippen MR) is 108 cm³/mol. The number of nitrogens with zero attached hydrogens (tertiary/aromatic N) is 2. The number of hydrogen-bond donors (Lipinski definition) is 1. The Morgan fingerprint density at radius 1 is 1.30 bits per heavy atom. The molecule has 0 aliphatic rings. The Morgan fingerprint density at radius 3 is 2.81 bits per heavy atom. The van der Waals surface area contributed by atoms with E-state index in [1.54, 1.807) is 38.6 Å². The summed E-state index contributed by atoms with van der Waals surface area (Å²) >= 11 is 2.83. The SMILES string of the molecule is COc1ccc(NC(=O)C(C)SCc2cc(=O)n3ccsc3n2)cc1OC. The maximum Gasteiger partial charge on any atom is 0.258 e. The Kier molecular flexibility index (Phi) is 6.02. The fourth-order valence-electron chi connectivity index (χ4n) is 2.41. The second-order valence-electron chi connectivity index (χ2n) is 5.65. The van der Waals surface area contributed by atoms with Gasteiger partial charge < -0.3 is 14.8 Å². The van der Waals surface area contributed by atoms with Gasteiger partial charge in [0.2, 0.25) is 5.91 Å². The van der Waals surface area contributed by atoms with Crippen LogP contribution in [0.4, 0.5) is 5.69 Å². The average molecular weight is 406 g/mol. The lowest BCUT2D eigenvalue weighted by Crippen LogP contribution is -2.23. The molecule has 0 saturated carbocycles. The number of anilines is 1. The van der Waals surface area contributed by atoms with Gasteiger partial charge in [-0.3, -0.25) is 14.0 Å². The molecule has 27 heavy (non-hydrogen) atoms. The van der Waals surface area contributed by atoms with Gasteiger partial charge in [0.05, 0.1) is 25.2 Å². The molecule has 7 nitrogen and oxygen atoms in total. The molecular formula is C18H19N3O4S2. The van der Waals surface area contributed by atoms with Crippen LogP contribution in [0.3, 0.4) is 0 Å². The number of fused-ring (bicyclic) bond motifs is 1. The molecule has 3 aromatic rings. The molecule has 9 heteroatoms. The molecular weight excluding hydrogens is 386 g/mol. The molecule has 0 bridgehead atoms. The highest BCUT2D eigenvalue weighted by atomic mass is 32.2. The first-order chi connectivity index (χ1) is 13.0. The molecule has 0 fully saturated rings. The molecule has 1 N–H and O–H groups in total. The first-order valence-corrected chi connectivity index (χ1v) is 10.0. The summed E-state index contributed by atoms with van der Waals surface area (Å²) in [5.41, 5.74) is 1.18. The molecule has 2 heterocycles. The molecule has 0 aliphatic heterocycles. The van der Waals surface area contributed by atoms with Gasteiger partial charge in [0.25, 0.3) is 5.56 Å². The Bertz CT molecular complexity index is 1020. The lowest BCUT2D eigenvalue weighted by Gasteiger charge is -2.14. The lowest BCUT2D eigenvalue weighted by molar-refractivity contribution is -0.115. The van der Waals surface area contributed by atoms with Crippen molar-refractivity contribution >= 4 is 39.7 Å². The maximum absolute atomic E-state index is 12.4. The molecule has 2 aromatic heterocycles. The van der Waals surface area contributed by atoms with E-state index >= 15 is 0 Å². The third-order valence-electron chi connectivity index (χ3n) is 3.86. The Labute approximate surface area is 164 Å². The summed E-state index contributed by atoms with van der Waals surface area (Å²) in [6.07, 6.45) is 1.70. The highest BCUT2D eigenvalue weighted by Crippen LogP contribution is 2.30. The highest BCUT2D eigenvalue weighted by Gasteiger charge is 2.16. The van der Waals surface area contributed by atoms with E-state index in [9.17, 15) is 9.59 Å². The lowest BCUT2D eigenvalue weighted by atomic mass is 10.2. The smallest absolute Gasteiger partial charge is 0.258 e. The summed E-state index contributed by atoms with van der Waals surface area (Å²) < 4.78 is 11.9. The number of methoxy groups -OCH3 is 2. The van der Waals surface area contributed by atoms with Crippen LogP contribution in [0, 0.1) is 0 Å². The summed E-state index contributed by atoms with van der Waals surface area (Å²) in [4.78, 5) is 29.6. The van der Waals surface area contributed by atoms with Crippen molar-refractivity contribution < 1.29 is 14.3 Å². The maximum atomic E-state index is 12.4. The zero-order chi connectivity index (χ0) is 19.4. The number of carbonyl (C=O) groups is 1. The van der Waals surface area contributed by atoms with Crippen LogP contribution in [0.5, 0.6) is 11.5 Å². The fraction of sp³-hybridized carbons (Fsp3) is 0.278. The summed E-state index contributed by atoms with van der Waals surface area (Å²) in [6.45, 7) is 1.82. The van der Waals surface area contributed by atoms with Gasteiger partial charge in [0.15, 0.2) is 16.5 Å². The van der Waals surface area contributed by atoms with Crippen molar-refractivity contribution in [3.8, 4) is 11.5 Å². The van der Waals surface area contributed by atoms with Crippen LogP contribution >= 0.6 is 23.1 Å². The molecule has 0 spiro atoms. The van der Waals surface area contributed by atoms with Crippen molar-refractivity contribution in [2.75, 3.05) is 19.5 Å². The van der Waals surface area contributed by atoms with Crippen LogP contribution in [-0.2, 0) is 10.5 Å². The molecule has 0 saturated heterocycles. The van der Waals surface area contributed by atoms with Crippen LogP contribution in [0.2, 0.25) is 0 Å². The van der Waals surface area contributed by atoms with Gasteiger partial charge in [-0.1, -0.05) is 0 Å². The number of thioether (sulfide) groups is 1. The fourth-order valence-corrected chi connectivity index (χ4v) is 3.92. The van der Waals surface area contributed by atoms with Crippen LogP contribution in [-0.4, -0.2) is 34.8 Å². The number of aromatic nitrogens is 2. The van der Waals surface area contributed by atoms with E-state index in [1.165, 1.54) is 33.6 Å². The second kappa shape index (κ2) is 8.45. The van der Waals surface area contributed by atoms with Gasteiger partial charge >= 0.3 is 0 Å². The summed E-state index contributed by atoms with van der Waals surface area (Å²) in [7, 11) is 3.10. The largest absolute Gasteiger partial charge is 0.493 e. The predicted octanol–water partition coefficient (Wildman–Crippen LogP) is 3.03. The van der Waals surface area contributed by atoms with Crippen molar-refractivity contribution in [2.24, 2.45) is 0 Å². The van der Waals surface area contributed by atoms with Crippen LogP contribution in [0.25, 0.3) is 4.96 Å². The number of nitrogens with one attached hydrogen (secondary N) is 1. The Hall–Kier alpha value is -2.52. The molecule has 1 unspecified atom stereocenters. The molecule has 0 radical (unpaired) electrons. The quantitative estimate of drug-likeness (QED) is 0.651. The zero-order valence-corrected chi connectivity index (χ0v) is 16.7. The Balaban J connectivity index is 1.62. The van der Waals surface area contributed by atoms with Gasteiger partial charge in [0.1, 0.15) is 0 Å². The van der Waals surface area contributed by atoms with Gasteiger partial charge in [-0.15, -0.1) is 23.1 Å². The van der Waals surface area contributed by atoms with Crippen molar-refractivity contribution in [2.45, 2.75) is 17.9 Å². The molecule has 0 aliphatic carbocycles. The van der Waals surface area contributed by atoms with E-state index in [-0.39, 0.29) is 16.7 Å². The van der Waals surface area contributed by atoms with Crippen molar-refractivity contribution in [3.63, 3.8) is 0 Å². The van der Waals surface area contributed by atoms with Gasteiger partial charge in [-0.05, 0) is 19.1 Å². The van der Waals surface area contributed by atoms with Crippen LogP contribution in [0.1, 0.15) is 12.6 Å². The minimum atomic E-state index is -0.318. The number of carbonyl (C=O) groups excluding carboxylic acids is 1. The molecule has 3 rings (SSSR count). The molecule has 1 atom stereocenters. The number of benzene rings is 1. The van der Waals surface area contributed by atoms with E-state index in [4.69, 9.17) is 9.47 Å². The topological polar surface area (TPSA) is 81.9 Å². The molecule has 1 aromatic carbocycles. The average Bonchev–Trinajstić information content (AvgIpc) is 3.15. The Morgan fingerprint density at radius 2 is 2.07 bits per heavy atom. The summed E-state index contributed by atoms with van der Waals surface area (Å²) in [6, 6.07) is 6.71. The van der Waals surface area contributed by atoms with E-state index in [2.05, 4.69) is 10.3 Å². The third kappa shape index (κ3) is 4.42. The summed E-state index contributed by atoms with van der Waals surface area (Å²) in [5.74, 6) is 1.48. The standard InChI is InChI=1S/C18H19N3O4S2/c1-11(17(23)19-12-4-5-14(24-2)15(8-12)25-3)27-10-13-9-16(22)21-6-7-26-18(21)20-13/h4-9,11H,10H2,1-3H3,(H,19,23). The second-order valence-corrected chi connectivity index (χ2v) is 7.86. The molecule has 142 valence electrons. The number of amides is 1. The zero-order valence-electron chi connectivity index (χ0n) is 15.1. The minimum absolute atomic E-state index is 0.112. The first kappa shape index (κ1) is 19.2. The monoisotopic (exact) mass is 405 g/mol.